The van der Waals surface area contributed by atoms with E-state index >= 15 is 0 Å². The van der Waals surface area contributed by atoms with E-state index in [-0.39, 0.29) is 10.7 Å². The van der Waals surface area contributed by atoms with E-state index in [2.05, 4.69) is 38.9 Å². The molecule has 5 nitrogen and oxygen atoms in total. The molecular weight excluding hydrogens is 296 g/mol. The van der Waals surface area contributed by atoms with Crippen LogP contribution in [0.3, 0.4) is 0 Å². The average Bonchev–Trinajstić information content (AvgIpc) is 2.44. The standard InChI is InChI=1S/C16H22N2O3Si/c1-16(2,3)22(5,6)21-10-13-7-12(9-17)14(18-11-19)8-15(13)20-4/h7-8H,10H2,1-6H3. The van der Waals surface area contributed by atoms with Gasteiger partial charge < -0.3 is 9.16 Å². The van der Waals surface area contributed by atoms with Crippen LogP contribution in [0.2, 0.25) is 18.1 Å². The van der Waals surface area contributed by atoms with Crippen molar-refractivity contribution >= 4 is 20.1 Å². The Morgan fingerprint density at radius 2 is 1.95 bits per heavy atom. The lowest BCUT2D eigenvalue weighted by molar-refractivity contribution is 0.269. The molecule has 22 heavy (non-hydrogen) atoms. The van der Waals surface area contributed by atoms with E-state index in [1.54, 1.807) is 12.1 Å². The van der Waals surface area contributed by atoms with E-state index in [0.29, 0.717) is 17.9 Å². The van der Waals surface area contributed by atoms with Crippen molar-refractivity contribution in [2.45, 2.75) is 45.5 Å². The first-order chi connectivity index (χ1) is 10.2. The van der Waals surface area contributed by atoms with Gasteiger partial charge in [-0.05, 0) is 24.2 Å². The van der Waals surface area contributed by atoms with Gasteiger partial charge in [0.15, 0.2) is 8.32 Å². The Hall–Kier alpha value is -1.93. The number of hydrogen-bond donors (Lipinski definition) is 0. The number of hydrogen-bond acceptors (Lipinski definition) is 5. The third-order valence-electron chi connectivity index (χ3n) is 4.08. The van der Waals surface area contributed by atoms with Crippen molar-refractivity contribution in [2.75, 3.05) is 7.11 Å². The molecule has 118 valence electrons. The molecule has 0 fully saturated rings. The second-order valence-electron chi connectivity index (χ2n) is 6.55. The summed E-state index contributed by atoms with van der Waals surface area (Å²) < 4.78 is 11.5. The Morgan fingerprint density at radius 3 is 2.41 bits per heavy atom. The summed E-state index contributed by atoms with van der Waals surface area (Å²) in [6, 6.07) is 5.25. The molecule has 1 rings (SSSR count). The van der Waals surface area contributed by atoms with E-state index in [0.717, 1.165) is 5.56 Å². The molecule has 0 N–H and O–H groups in total. The topological polar surface area (TPSA) is 71.7 Å². The number of nitriles is 1. The highest BCUT2D eigenvalue weighted by Crippen LogP contribution is 2.38. The van der Waals surface area contributed by atoms with Gasteiger partial charge >= 0.3 is 0 Å². The number of aliphatic imine (C=N–C) groups is 1. The average molecular weight is 318 g/mol. The maximum atomic E-state index is 10.4. The van der Waals surface area contributed by atoms with Gasteiger partial charge in [0.2, 0.25) is 6.08 Å². The Balaban J connectivity index is 3.15. The van der Waals surface area contributed by atoms with Crippen LogP contribution in [0.15, 0.2) is 17.1 Å². The predicted molar refractivity (Wildman–Crippen MR) is 87.5 cm³/mol. The van der Waals surface area contributed by atoms with Gasteiger partial charge in [0.05, 0.1) is 25.0 Å². The van der Waals surface area contributed by atoms with E-state index in [1.165, 1.54) is 13.2 Å². The fourth-order valence-electron chi connectivity index (χ4n) is 1.62. The van der Waals surface area contributed by atoms with Crippen molar-refractivity contribution in [3.8, 4) is 11.8 Å². The van der Waals surface area contributed by atoms with Crippen molar-refractivity contribution in [1.82, 2.24) is 0 Å². The summed E-state index contributed by atoms with van der Waals surface area (Å²) in [4.78, 5) is 14.0. The Kier molecular flexibility index (Phi) is 5.67. The minimum atomic E-state index is -1.90. The number of benzene rings is 1. The second kappa shape index (κ2) is 6.88. The lowest BCUT2D eigenvalue weighted by Crippen LogP contribution is -2.40. The van der Waals surface area contributed by atoms with Gasteiger partial charge in [-0.25, -0.2) is 4.79 Å². The Morgan fingerprint density at radius 1 is 1.32 bits per heavy atom. The molecular formula is C16H22N2O3Si. The van der Waals surface area contributed by atoms with Crippen LogP contribution in [0.5, 0.6) is 5.75 Å². The third-order valence-corrected chi connectivity index (χ3v) is 8.56. The number of ether oxygens (including phenoxy) is 1. The molecule has 1 aromatic carbocycles. The van der Waals surface area contributed by atoms with E-state index in [4.69, 9.17) is 9.16 Å². The zero-order valence-electron chi connectivity index (χ0n) is 14.0. The number of methoxy groups -OCH3 is 1. The molecule has 0 bridgehead atoms. The number of carbonyl (C=O) groups excluding carboxylic acids is 1. The van der Waals surface area contributed by atoms with Crippen molar-refractivity contribution < 1.29 is 14.0 Å². The predicted octanol–water partition coefficient (Wildman–Crippen LogP) is 4.06. The van der Waals surface area contributed by atoms with Crippen LogP contribution in [0, 0.1) is 11.3 Å². The molecule has 0 heterocycles. The molecule has 0 saturated heterocycles. The number of rotatable bonds is 5. The van der Waals surface area contributed by atoms with Crippen LogP contribution in [-0.4, -0.2) is 21.5 Å². The van der Waals surface area contributed by atoms with Crippen molar-refractivity contribution in [1.29, 1.82) is 5.26 Å². The molecule has 0 amide bonds. The monoisotopic (exact) mass is 318 g/mol. The minimum absolute atomic E-state index is 0.0973. The van der Waals surface area contributed by atoms with Crippen LogP contribution < -0.4 is 4.74 Å². The van der Waals surface area contributed by atoms with Crippen LogP contribution in [0.25, 0.3) is 0 Å². The highest BCUT2D eigenvalue weighted by molar-refractivity contribution is 6.74. The minimum Gasteiger partial charge on any atom is -0.496 e. The van der Waals surface area contributed by atoms with Gasteiger partial charge in [-0.15, -0.1) is 0 Å². The normalized spacial score (nSPS) is 11.5. The quantitative estimate of drug-likeness (QED) is 0.466. The van der Waals surface area contributed by atoms with Crippen LogP contribution in [-0.2, 0) is 15.8 Å². The summed E-state index contributed by atoms with van der Waals surface area (Å²) in [5, 5.41) is 9.27. The lowest BCUT2D eigenvalue weighted by atomic mass is 10.1. The molecule has 0 atom stereocenters. The Labute approximate surface area is 132 Å². The molecule has 0 aliphatic rings. The number of isocyanates is 1. The van der Waals surface area contributed by atoms with Crippen LogP contribution >= 0.6 is 0 Å². The first-order valence-corrected chi connectivity index (χ1v) is 9.90. The van der Waals surface area contributed by atoms with Gasteiger partial charge in [-0.2, -0.15) is 10.3 Å². The van der Waals surface area contributed by atoms with E-state index in [9.17, 15) is 10.1 Å². The first-order valence-electron chi connectivity index (χ1n) is 6.99. The van der Waals surface area contributed by atoms with E-state index in [1.807, 2.05) is 6.07 Å². The first kappa shape index (κ1) is 18.1. The molecule has 0 unspecified atom stereocenters. The van der Waals surface area contributed by atoms with Crippen molar-refractivity contribution in [2.24, 2.45) is 4.99 Å². The van der Waals surface area contributed by atoms with Crippen molar-refractivity contribution in [3.63, 3.8) is 0 Å². The molecule has 0 aliphatic heterocycles. The lowest BCUT2D eigenvalue weighted by Gasteiger charge is -2.36. The van der Waals surface area contributed by atoms with Gasteiger partial charge in [0.1, 0.15) is 11.8 Å². The third kappa shape index (κ3) is 4.05. The maximum Gasteiger partial charge on any atom is 0.240 e. The summed E-state index contributed by atoms with van der Waals surface area (Å²) in [5.74, 6) is 0.548. The maximum absolute atomic E-state index is 10.4. The van der Waals surface area contributed by atoms with Crippen LogP contribution in [0.4, 0.5) is 5.69 Å². The zero-order chi connectivity index (χ0) is 17.0. The van der Waals surface area contributed by atoms with Crippen molar-refractivity contribution in [3.05, 3.63) is 23.3 Å². The molecule has 1 aromatic rings. The smallest absolute Gasteiger partial charge is 0.240 e. The molecule has 0 aliphatic carbocycles. The SMILES string of the molecule is COc1cc(N=C=O)c(C#N)cc1CO[Si](C)(C)C(C)(C)C. The molecule has 0 spiro atoms. The molecule has 0 radical (unpaired) electrons. The van der Waals surface area contributed by atoms with Gasteiger partial charge in [-0.3, -0.25) is 0 Å². The highest BCUT2D eigenvalue weighted by atomic mass is 28.4. The summed E-state index contributed by atoms with van der Waals surface area (Å²) in [5.41, 5.74) is 1.33. The second-order valence-corrected chi connectivity index (χ2v) is 11.4. The van der Waals surface area contributed by atoms with Gasteiger partial charge in [0.25, 0.3) is 0 Å². The summed E-state index contributed by atoms with van der Waals surface area (Å²) in [6.45, 7) is 11.2. The fraction of sp³-hybridized carbons (Fsp3) is 0.500. The molecule has 6 heteroatoms. The number of nitrogens with zero attached hydrogens (tertiary/aromatic N) is 2. The van der Waals surface area contributed by atoms with Gasteiger partial charge in [-0.1, -0.05) is 20.8 Å². The fourth-order valence-corrected chi connectivity index (χ4v) is 2.57. The zero-order valence-corrected chi connectivity index (χ0v) is 15.0. The van der Waals surface area contributed by atoms with Gasteiger partial charge in [0, 0.05) is 11.6 Å². The summed E-state index contributed by atoms with van der Waals surface area (Å²) >= 11 is 0. The molecule has 0 aromatic heterocycles. The highest BCUT2D eigenvalue weighted by Gasteiger charge is 2.37. The Bertz CT molecular complexity index is 636. The largest absolute Gasteiger partial charge is 0.496 e. The van der Waals surface area contributed by atoms with E-state index < -0.39 is 8.32 Å². The molecule has 0 saturated carbocycles. The van der Waals surface area contributed by atoms with Crippen LogP contribution in [0.1, 0.15) is 31.9 Å². The summed E-state index contributed by atoms with van der Waals surface area (Å²) in [6.07, 6.45) is 1.45. The summed E-state index contributed by atoms with van der Waals surface area (Å²) in [7, 11) is -0.371.